The average molecular weight is 210 g/mol. The molecule has 1 rings (SSSR count). The Morgan fingerprint density at radius 3 is 2.27 bits per heavy atom. The quantitative estimate of drug-likeness (QED) is 0.761. The Hall–Kier alpha value is -1.58. The van der Waals surface area contributed by atoms with Crippen molar-refractivity contribution < 1.29 is 19.1 Å². The van der Waals surface area contributed by atoms with Gasteiger partial charge in [-0.3, -0.25) is 4.79 Å². The molecule has 4 heteroatoms. The maximum atomic E-state index is 11.0. The Bertz CT molecular complexity index is 407. The number of aldehydes is 1. The summed E-state index contributed by atoms with van der Waals surface area (Å²) in [5, 5.41) is 9.04. The lowest BCUT2D eigenvalue weighted by atomic mass is 9.89. The minimum Gasteiger partial charge on any atom is -0.478 e. The molecule has 15 heavy (non-hydrogen) atoms. The second kappa shape index (κ2) is 3.53. The normalized spacial score (nSPS) is 11.5. The third-order valence-corrected chi connectivity index (χ3v) is 2.14. The Labute approximate surface area is 87.9 Å². The van der Waals surface area contributed by atoms with E-state index in [4.69, 9.17) is 9.52 Å². The van der Waals surface area contributed by atoms with Crippen LogP contribution in [0.2, 0.25) is 0 Å². The molecular weight excluding hydrogens is 196 g/mol. The molecule has 0 aromatic carbocycles. The van der Waals surface area contributed by atoms with Gasteiger partial charge in [-0.2, -0.15) is 0 Å². The molecule has 0 unspecified atom stereocenters. The highest BCUT2D eigenvalue weighted by Gasteiger charge is 2.30. The molecule has 0 saturated carbocycles. The number of carboxylic acid groups (broad SMARTS) is 1. The SMILES string of the molecule is Cc1oc(C(C)(C)C)c(C(=O)O)c1C=O. The maximum Gasteiger partial charge on any atom is 0.340 e. The predicted octanol–water partition coefficient (Wildman–Crippen LogP) is 2.40. The van der Waals surface area contributed by atoms with E-state index in [9.17, 15) is 9.59 Å². The van der Waals surface area contributed by atoms with Crippen LogP contribution in [0.5, 0.6) is 0 Å². The van der Waals surface area contributed by atoms with Crippen LogP contribution in [0.25, 0.3) is 0 Å². The van der Waals surface area contributed by atoms with Crippen molar-refractivity contribution in [3.8, 4) is 0 Å². The zero-order chi connectivity index (χ0) is 11.8. The first kappa shape index (κ1) is 11.5. The molecule has 0 saturated heterocycles. The molecule has 1 aromatic rings. The van der Waals surface area contributed by atoms with Crippen molar-refractivity contribution >= 4 is 12.3 Å². The van der Waals surface area contributed by atoms with E-state index >= 15 is 0 Å². The molecule has 1 aromatic heterocycles. The van der Waals surface area contributed by atoms with Gasteiger partial charge in [0.1, 0.15) is 17.1 Å². The molecule has 0 atom stereocenters. The summed E-state index contributed by atoms with van der Waals surface area (Å²) >= 11 is 0. The van der Waals surface area contributed by atoms with Crippen LogP contribution >= 0.6 is 0 Å². The van der Waals surface area contributed by atoms with Crippen LogP contribution in [0, 0.1) is 6.92 Å². The van der Waals surface area contributed by atoms with E-state index in [1.165, 1.54) is 0 Å². The largest absolute Gasteiger partial charge is 0.478 e. The van der Waals surface area contributed by atoms with Crippen LogP contribution < -0.4 is 0 Å². The summed E-state index contributed by atoms with van der Waals surface area (Å²) < 4.78 is 5.35. The van der Waals surface area contributed by atoms with Crippen LogP contribution in [0.15, 0.2) is 4.42 Å². The number of hydrogen-bond donors (Lipinski definition) is 1. The summed E-state index contributed by atoms with van der Waals surface area (Å²) in [5.41, 5.74) is -0.317. The lowest BCUT2D eigenvalue weighted by molar-refractivity contribution is 0.0689. The molecule has 1 N–H and O–H groups in total. The number of carboxylic acids is 1. The summed E-state index contributed by atoms with van der Waals surface area (Å²) in [6.07, 6.45) is 0.525. The molecule has 0 aliphatic rings. The van der Waals surface area contributed by atoms with E-state index in [1.807, 2.05) is 20.8 Å². The van der Waals surface area contributed by atoms with E-state index in [0.717, 1.165) is 0 Å². The summed E-state index contributed by atoms with van der Waals surface area (Å²) in [4.78, 5) is 21.8. The number of furan rings is 1. The zero-order valence-corrected chi connectivity index (χ0v) is 9.25. The first-order valence-electron chi connectivity index (χ1n) is 4.61. The van der Waals surface area contributed by atoms with Gasteiger partial charge in [0.25, 0.3) is 0 Å². The van der Waals surface area contributed by atoms with Gasteiger partial charge < -0.3 is 9.52 Å². The lowest BCUT2D eigenvalue weighted by Gasteiger charge is -2.15. The number of aromatic carboxylic acids is 1. The summed E-state index contributed by atoms with van der Waals surface area (Å²) in [6, 6.07) is 0. The van der Waals surface area contributed by atoms with Gasteiger partial charge in [-0.1, -0.05) is 20.8 Å². The Kier molecular flexibility index (Phi) is 2.71. The molecular formula is C11H14O4. The van der Waals surface area contributed by atoms with E-state index in [-0.39, 0.29) is 11.1 Å². The zero-order valence-electron chi connectivity index (χ0n) is 9.25. The topological polar surface area (TPSA) is 67.5 Å². The number of carbonyl (C=O) groups excluding carboxylic acids is 1. The highest BCUT2D eigenvalue weighted by atomic mass is 16.4. The smallest absolute Gasteiger partial charge is 0.340 e. The van der Waals surface area contributed by atoms with Gasteiger partial charge >= 0.3 is 5.97 Å². The van der Waals surface area contributed by atoms with Crippen molar-refractivity contribution in [2.75, 3.05) is 0 Å². The first-order chi connectivity index (χ1) is 6.79. The van der Waals surface area contributed by atoms with E-state index in [2.05, 4.69) is 0 Å². The van der Waals surface area contributed by atoms with E-state index < -0.39 is 11.4 Å². The minimum atomic E-state index is -1.13. The van der Waals surface area contributed by atoms with Crippen LogP contribution in [-0.4, -0.2) is 17.4 Å². The maximum absolute atomic E-state index is 11.0. The van der Waals surface area contributed by atoms with Crippen molar-refractivity contribution in [3.05, 3.63) is 22.6 Å². The van der Waals surface area contributed by atoms with E-state index in [0.29, 0.717) is 17.8 Å². The van der Waals surface area contributed by atoms with Crippen LogP contribution in [0.4, 0.5) is 0 Å². The highest BCUT2D eigenvalue weighted by Crippen LogP contribution is 2.31. The fourth-order valence-corrected chi connectivity index (χ4v) is 1.44. The molecule has 0 fully saturated rings. The standard InChI is InChI=1S/C11H14O4/c1-6-7(5-12)8(10(13)14)9(15-6)11(2,3)4/h5H,1-4H3,(H,13,14). The fourth-order valence-electron chi connectivity index (χ4n) is 1.44. The highest BCUT2D eigenvalue weighted by molar-refractivity contribution is 5.99. The Morgan fingerprint density at radius 1 is 1.40 bits per heavy atom. The van der Waals surface area contributed by atoms with Crippen molar-refractivity contribution in [1.29, 1.82) is 0 Å². The summed E-state index contributed by atoms with van der Waals surface area (Å²) in [7, 11) is 0. The second-order valence-electron chi connectivity index (χ2n) is 4.45. The van der Waals surface area contributed by atoms with Gasteiger partial charge in [0, 0.05) is 5.41 Å². The molecule has 0 radical (unpaired) electrons. The molecule has 0 amide bonds. The van der Waals surface area contributed by atoms with E-state index in [1.54, 1.807) is 6.92 Å². The molecule has 0 bridgehead atoms. The molecule has 0 aliphatic heterocycles. The van der Waals surface area contributed by atoms with Crippen LogP contribution in [0.1, 0.15) is 53.0 Å². The molecule has 82 valence electrons. The third kappa shape index (κ3) is 1.93. The van der Waals surface area contributed by atoms with Gasteiger partial charge in [0.2, 0.25) is 0 Å². The number of carbonyl (C=O) groups is 2. The van der Waals surface area contributed by atoms with Gasteiger partial charge in [-0.05, 0) is 6.92 Å². The van der Waals surface area contributed by atoms with Crippen LogP contribution in [0.3, 0.4) is 0 Å². The summed E-state index contributed by atoms with van der Waals surface area (Å²) in [5.74, 6) is -0.430. The molecule has 4 nitrogen and oxygen atoms in total. The molecule has 1 heterocycles. The van der Waals surface area contributed by atoms with Gasteiger partial charge in [0.05, 0.1) is 5.56 Å². The van der Waals surface area contributed by atoms with Gasteiger partial charge in [-0.25, -0.2) is 4.79 Å². The molecule has 0 spiro atoms. The first-order valence-corrected chi connectivity index (χ1v) is 4.61. The number of rotatable bonds is 2. The average Bonchev–Trinajstić information content (AvgIpc) is 2.41. The van der Waals surface area contributed by atoms with Crippen molar-refractivity contribution in [2.45, 2.75) is 33.1 Å². The number of aryl methyl sites for hydroxylation is 1. The van der Waals surface area contributed by atoms with Crippen molar-refractivity contribution in [1.82, 2.24) is 0 Å². The Morgan fingerprint density at radius 2 is 1.93 bits per heavy atom. The second-order valence-corrected chi connectivity index (χ2v) is 4.45. The van der Waals surface area contributed by atoms with Gasteiger partial charge in [-0.15, -0.1) is 0 Å². The fraction of sp³-hybridized carbons (Fsp3) is 0.455. The molecule has 0 aliphatic carbocycles. The summed E-state index contributed by atoms with van der Waals surface area (Å²) in [6.45, 7) is 7.11. The van der Waals surface area contributed by atoms with Crippen LogP contribution in [-0.2, 0) is 5.41 Å². The monoisotopic (exact) mass is 210 g/mol. The predicted molar refractivity (Wildman–Crippen MR) is 54.5 cm³/mol. The van der Waals surface area contributed by atoms with Crippen molar-refractivity contribution in [3.63, 3.8) is 0 Å². The Balaban J connectivity index is 3.54. The number of hydrogen-bond acceptors (Lipinski definition) is 3. The minimum absolute atomic E-state index is 0.0185. The van der Waals surface area contributed by atoms with Gasteiger partial charge in [0.15, 0.2) is 6.29 Å². The lowest BCUT2D eigenvalue weighted by Crippen LogP contribution is -2.15. The third-order valence-electron chi connectivity index (χ3n) is 2.14. The van der Waals surface area contributed by atoms with Crippen molar-refractivity contribution in [2.24, 2.45) is 0 Å².